The Kier molecular flexibility index (Phi) is 6.60. The van der Waals surface area contributed by atoms with Crippen LogP contribution in [0.15, 0.2) is 65.5 Å². The molecule has 2 aromatic heterocycles. The summed E-state index contributed by atoms with van der Waals surface area (Å²) in [6.07, 6.45) is 5.31. The van der Waals surface area contributed by atoms with Gasteiger partial charge in [-0.05, 0) is 30.7 Å². The number of H-pyrrole nitrogens is 1. The average Bonchev–Trinajstić information content (AvgIpc) is 3.20. The van der Waals surface area contributed by atoms with Crippen molar-refractivity contribution in [2.24, 2.45) is 4.99 Å². The Labute approximate surface area is 169 Å². The minimum Gasteiger partial charge on any atom is -0.349 e. The van der Waals surface area contributed by atoms with Crippen LogP contribution in [0.25, 0.3) is 17.1 Å². The second-order valence-electron chi connectivity index (χ2n) is 5.86. The number of hydrogen-bond donors (Lipinski definition) is 3. The lowest BCUT2D eigenvalue weighted by Gasteiger charge is -2.14. The normalized spacial score (nSPS) is 15.5. The van der Waals surface area contributed by atoms with Crippen LogP contribution in [0.3, 0.4) is 0 Å². The summed E-state index contributed by atoms with van der Waals surface area (Å²) in [5.41, 5.74) is 3.16. The highest BCUT2D eigenvalue weighted by Crippen LogP contribution is 2.20. The first-order chi connectivity index (χ1) is 12.2. The maximum Gasteiger partial charge on any atom is 0.276 e. The molecule has 0 spiro atoms. The first-order valence-electron chi connectivity index (χ1n) is 8.06. The lowest BCUT2D eigenvalue weighted by atomic mass is 10.1. The Morgan fingerprint density at radius 2 is 1.89 bits per heavy atom. The molecule has 1 aliphatic rings. The van der Waals surface area contributed by atoms with Crippen molar-refractivity contribution in [3.63, 3.8) is 0 Å². The van der Waals surface area contributed by atoms with Crippen molar-refractivity contribution >= 4 is 53.8 Å². The summed E-state index contributed by atoms with van der Waals surface area (Å²) in [6, 6.07) is 13.9. The highest BCUT2D eigenvalue weighted by Gasteiger charge is 2.21. The zero-order valence-electron chi connectivity index (χ0n) is 14.5. The third kappa shape index (κ3) is 4.30. The molecular formula is C19H19Cl2N5O. The van der Waals surface area contributed by atoms with Gasteiger partial charge in [-0.2, -0.15) is 0 Å². The number of pyridine rings is 1. The van der Waals surface area contributed by atoms with Crippen molar-refractivity contribution in [2.75, 3.05) is 0 Å². The van der Waals surface area contributed by atoms with Gasteiger partial charge in [0, 0.05) is 23.3 Å². The van der Waals surface area contributed by atoms with Gasteiger partial charge in [-0.3, -0.25) is 10.1 Å². The van der Waals surface area contributed by atoms with E-state index < -0.39 is 0 Å². The van der Waals surface area contributed by atoms with Crippen molar-refractivity contribution in [1.29, 1.82) is 0 Å². The smallest absolute Gasteiger partial charge is 0.276 e. The molecule has 6 nitrogen and oxygen atoms in total. The third-order valence-corrected chi connectivity index (χ3v) is 4.12. The number of nitrogens with zero attached hydrogens (tertiary/aromatic N) is 2. The van der Waals surface area contributed by atoms with Crippen molar-refractivity contribution in [2.45, 2.75) is 13.0 Å². The van der Waals surface area contributed by atoms with E-state index in [9.17, 15) is 4.79 Å². The molecular weight excluding hydrogens is 385 g/mol. The SMILES string of the molecule is C[C@H](NC1=N/C(=C\c2c[nH]c3ncccc23)C(=O)N1)c1ccccc1.Cl.Cl. The highest BCUT2D eigenvalue weighted by atomic mass is 35.5. The minimum absolute atomic E-state index is 0. The topological polar surface area (TPSA) is 82.2 Å². The van der Waals surface area contributed by atoms with E-state index in [-0.39, 0.29) is 36.8 Å². The fourth-order valence-electron chi connectivity index (χ4n) is 2.81. The van der Waals surface area contributed by atoms with E-state index in [2.05, 4.69) is 25.6 Å². The maximum atomic E-state index is 12.2. The molecule has 0 saturated carbocycles. The fraction of sp³-hybridized carbons (Fsp3) is 0.105. The number of guanidine groups is 1. The molecule has 27 heavy (non-hydrogen) atoms. The van der Waals surface area contributed by atoms with E-state index >= 15 is 0 Å². The van der Waals surface area contributed by atoms with Gasteiger partial charge < -0.3 is 10.3 Å². The standard InChI is InChI=1S/C19H17N5O.2ClH/c1-12(13-6-3-2-4-7-13)22-19-23-16(18(25)24-19)10-14-11-21-17-15(14)8-5-9-20-17;;/h2-12H,1H3,(H,20,21)(H2,22,23,24,25);2*1H/b16-10-;;/t12-;;/m0../s1. The van der Waals surface area contributed by atoms with Crippen molar-refractivity contribution < 1.29 is 4.79 Å². The second kappa shape index (κ2) is 8.70. The van der Waals surface area contributed by atoms with Crippen molar-refractivity contribution in [3.8, 4) is 0 Å². The molecule has 0 fully saturated rings. The number of carbonyl (C=O) groups excluding carboxylic acids is 1. The molecule has 8 heteroatoms. The number of aromatic nitrogens is 2. The molecule has 140 valence electrons. The summed E-state index contributed by atoms with van der Waals surface area (Å²) in [7, 11) is 0. The number of aromatic amines is 1. The predicted octanol–water partition coefficient (Wildman–Crippen LogP) is 3.58. The maximum absolute atomic E-state index is 12.2. The number of hydrogen-bond acceptors (Lipinski definition) is 4. The van der Waals surface area contributed by atoms with Crippen LogP contribution in [0.5, 0.6) is 0 Å². The quantitative estimate of drug-likeness (QED) is 0.584. The van der Waals surface area contributed by atoms with Gasteiger partial charge in [0.05, 0.1) is 6.04 Å². The summed E-state index contributed by atoms with van der Waals surface area (Å²) < 4.78 is 0. The molecule has 0 unspecified atom stereocenters. The van der Waals surface area contributed by atoms with Crippen LogP contribution in [-0.4, -0.2) is 21.8 Å². The van der Waals surface area contributed by atoms with E-state index in [1.165, 1.54) is 0 Å². The number of nitrogens with one attached hydrogen (secondary N) is 3. The van der Waals surface area contributed by atoms with E-state index in [0.717, 1.165) is 22.2 Å². The number of carbonyl (C=O) groups is 1. The molecule has 1 atom stereocenters. The lowest BCUT2D eigenvalue weighted by molar-refractivity contribution is -0.115. The average molecular weight is 404 g/mol. The second-order valence-corrected chi connectivity index (χ2v) is 5.86. The predicted molar refractivity (Wildman–Crippen MR) is 112 cm³/mol. The van der Waals surface area contributed by atoms with E-state index in [1.807, 2.05) is 55.6 Å². The zero-order chi connectivity index (χ0) is 17.2. The van der Waals surface area contributed by atoms with Gasteiger partial charge in [0.1, 0.15) is 11.3 Å². The fourth-order valence-corrected chi connectivity index (χ4v) is 2.81. The van der Waals surface area contributed by atoms with E-state index in [0.29, 0.717) is 11.7 Å². The van der Waals surface area contributed by atoms with Crippen molar-refractivity contribution in [1.82, 2.24) is 20.6 Å². The molecule has 3 N–H and O–H groups in total. The Balaban J connectivity index is 0.00000131. The van der Waals surface area contributed by atoms with Gasteiger partial charge in [0.2, 0.25) is 5.96 Å². The first-order valence-corrected chi connectivity index (χ1v) is 8.06. The highest BCUT2D eigenvalue weighted by molar-refractivity contribution is 6.14. The number of halogens is 2. The molecule has 1 amide bonds. The summed E-state index contributed by atoms with van der Waals surface area (Å²) >= 11 is 0. The van der Waals surface area contributed by atoms with Gasteiger partial charge in [0.15, 0.2) is 0 Å². The zero-order valence-corrected chi connectivity index (χ0v) is 16.1. The molecule has 0 aliphatic carbocycles. The Morgan fingerprint density at radius 3 is 2.67 bits per heavy atom. The van der Waals surface area contributed by atoms with Crippen LogP contribution in [-0.2, 0) is 4.79 Å². The van der Waals surface area contributed by atoms with E-state index in [1.54, 1.807) is 12.3 Å². The summed E-state index contributed by atoms with van der Waals surface area (Å²) in [4.78, 5) is 23.9. The molecule has 3 heterocycles. The summed E-state index contributed by atoms with van der Waals surface area (Å²) in [6.45, 7) is 2.02. The largest absolute Gasteiger partial charge is 0.349 e. The molecule has 0 radical (unpaired) electrons. The molecule has 1 aromatic carbocycles. The summed E-state index contributed by atoms with van der Waals surface area (Å²) in [5, 5.41) is 6.96. The summed E-state index contributed by atoms with van der Waals surface area (Å²) in [5.74, 6) is 0.242. The Morgan fingerprint density at radius 1 is 1.11 bits per heavy atom. The minimum atomic E-state index is -0.221. The van der Waals surface area contributed by atoms with Crippen LogP contribution in [0.1, 0.15) is 24.1 Å². The monoisotopic (exact) mass is 403 g/mol. The number of rotatable bonds is 3. The molecule has 3 aromatic rings. The van der Waals surface area contributed by atoms with Gasteiger partial charge in [0.25, 0.3) is 5.91 Å². The Hall–Kier alpha value is -2.83. The molecule has 1 aliphatic heterocycles. The molecule has 0 saturated heterocycles. The lowest BCUT2D eigenvalue weighted by Crippen LogP contribution is -2.37. The number of aliphatic imine (C=N–C) groups is 1. The third-order valence-electron chi connectivity index (χ3n) is 4.12. The first kappa shape index (κ1) is 20.5. The van der Waals surface area contributed by atoms with Crippen LogP contribution < -0.4 is 10.6 Å². The van der Waals surface area contributed by atoms with Crippen LogP contribution in [0.2, 0.25) is 0 Å². The van der Waals surface area contributed by atoms with Gasteiger partial charge in [-0.25, -0.2) is 9.98 Å². The van der Waals surface area contributed by atoms with E-state index in [4.69, 9.17) is 0 Å². The molecule has 0 bridgehead atoms. The van der Waals surface area contributed by atoms with Gasteiger partial charge in [-0.1, -0.05) is 30.3 Å². The Bertz CT molecular complexity index is 998. The van der Waals surface area contributed by atoms with Gasteiger partial charge >= 0.3 is 0 Å². The molecule has 4 rings (SSSR count). The number of benzene rings is 1. The van der Waals surface area contributed by atoms with Gasteiger partial charge in [-0.15, -0.1) is 24.8 Å². The number of fused-ring (bicyclic) bond motifs is 1. The van der Waals surface area contributed by atoms with Crippen LogP contribution >= 0.6 is 24.8 Å². The van der Waals surface area contributed by atoms with Crippen LogP contribution in [0.4, 0.5) is 0 Å². The number of amides is 1. The van der Waals surface area contributed by atoms with Crippen LogP contribution in [0, 0.1) is 0 Å². The van der Waals surface area contributed by atoms with Crippen molar-refractivity contribution in [3.05, 3.63) is 71.7 Å².